The normalized spacial score (nSPS) is 21.1. The highest BCUT2D eigenvalue weighted by atomic mass is 35.5. The number of hydrogen-bond donors (Lipinski definition) is 2. The van der Waals surface area contributed by atoms with Crippen LogP contribution in [0.1, 0.15) is 43.2 Å². The second-order valence-electron chi connectivity index (χ2n) is 7.51. The fraction of sp³-hybridized carbons (Fsp3) is 0.318. The van der Waals surface area contributed by atoms with Gasteiger partial charge in [-0.1, -0.05) is 61.2 Å². The molecule has 1 aliphatic heterocycles. The lowest BCUT2D eigenvalue weighted by Gasteiger charge is -2.37. The maximum absolute atomic E-state index is 13.2. The fourth-order valence-corrected chi connectivity index (χ4v) is 4.49. The van der Waals surface area contributed by atoms with Gasteiger partial charge >= 0.3 is 0 Å². The van der Waals surface area contributed by atoms with E-state index in [0.29, 0.717) is 29.3 Å². The van der Waals surface area contributed by atoms with E-state index in [2.05, 4.69) is 5.32 Å². The number of primary amides is 1. The van der Waals surface area contributed by atoms with Crippen LogP contribution in [0.2, 0.25) is 5.02 Å². The van der Waals surface area contributed by atoms with E-state index < -0.39 is 17.4 Å². The topological polar surface area (TPSA) is 84.6 Å². The third-order valence-corrected chi connectivity index (χ3v) is 6.04. The van der Waals surface area contributed by atoms with Crippen LogP contribution in [0.5, 0.6) is 0 Å². The zero-order valence-electron chi connectivity index (χ0n) is 15.5. The van der Waals surface area contributed by atoms with Crippen LogP contribution in [0.15, 0.2) is 53.5 Å². The molecule has 0 saturated heterocycles. The van der Waals surface area contributed by atoms with E-state index in [4.69, 9.17) is 22.3 Å². The zero-order valence-corrected chi connectivity index (χ0v) is 16.2. The fourth-order valence-electron chi connectivity index (χ4n) is 4.32. The standard InChI is InChI=1S/C22H22ClN3O2/c23-15-9-10-17-16(13-15)18(14-7-3-1-4-8-14)26-19(20(27)25-17)22(21(24)28)11-5-2-6-12-22/h1,3-4,7-10,13,19H,2,5-6,11-12H2,(H2,24,28)(H,25,27). The number of halogens is 1. The minimum atomic E-state index is -0.964. The summed E-state index contributed by atoms with van der Waals surface area (Å²) in [5, 5.41) is 3.51. The summed E-state index contributed by atoms with van der Waals surface area (Å²) in [4.78, 5) is 30.6. The van der Waals surface area contributed by atoms with E-state index in [1.807, 2.05) is 30.3 Å². The molecular formula is C22H22ClN3O2. The Morgan fingerprint density at radius 2 is 1.82 bits per heavy atom. The molecule has 0 spiro atoms. The largest absolute Gasteiger partial charge is 0.369 e. The summed E-state index contributed by atoms with van der Waals surface area (Å²) >= 11 is 6.24. The SMILES string of the molecule is NC(=O)C1(C2N=C(c3ccccc3)c3cc(Cl)ccc3NC2=O)CCCCC1. The first-order valence-corrected chi connectivity index (χ1v) is 9.93. The molecule has 2 aliphatic rings. The summed E-state index contributed by atoms with van der Waals surface area (Å²) < 4.78 is 0. The van der Waals surface area contributed by atoms with Crippen LogP contribution < -0.4 is 11.1 Å². The molecule has 4 rings (SSSR count). The average Bonchev–Trinajstić information content (AvgIpc) is 2.85. The number of aliphatic imine (C=N–C) groups is 1. The number of benzene rings is 2. The monoisotopic (exact) mass is 395 g/mol. The number of nitrogens with zero attached hydrogens (tertiary/aromatic N) is 1. The van der Waals surface area contributed by atoms with Gasteiger partial charge in [0.25, 0.3) is 0 Å². The van der Waals surface area contributed by atoms with Crippen LogP contribution in [-0.4, -0.2) is 23.6 Å². The van der Waals surface area contributed by atoms with Crippen LogP contribution >= 0.6 is 11.6 Å². The Hall–Kier alpha value is -2.66. The van der Waals surface area contributed by atoms with Gasteiger partial charge in [0, 0.05) is 16.1 Å². The zero-order chi connectivity index (χ0) is 19.7. The number of nitrogens with two attached hydrogens (primary N) is 1. The number of hydrogen-bond acceptors (Lipinski definition) is 3. The van der Waals surface area contributed by atoms with Gasteiger partial charge in [0.05, 0.1) is 16.8 Å². The lowest BCUT2D eigenvalue weighted by molar-refractivity contribution is -0.136. The molecule has 144 valence electrons. The molecule has 28 heavy (non-hydrogen) atoms. The number of amides is 2. The van der Waals surface area contributed by atoms with Gasteiger partial charge in [-0.15, -0.1) is 0 Å². The molecule has 3 N–H and O–H groups in total. The lowest BCUT2D eigenvalue weighted by Crippen LogP contribution is -2.51. The summed E-state index contributed by atoms with van der Waals surface area (Å²) in [6.45, 7) is 0. The first-order valence-electron chi connectivity index (χ1n) is 9.55. The van der Waals surface area contributed by atoms with Crippen molar-refractivity contribution in [3.63, 3.8) is 0 Å². The third-order valence-electron chi connectivity index (χ3n) is 5.81. The molecule has 1 heterocycles. The van der Waals surface area contributed by atoms with Crippen LogP contribution in [0, 0.1) is 5.41 Å². The molecule has 2 aromatic carbocycles. The van der Waals surface area contributed by atoms with E-state index in [1.165, 1.54) is 0 Å². The number of anilines is 1. The first-order chi connectivity index (χ1) is 13.5. The lowest BCUT2D eigenvalue weighted by atomic mass is 9.68. The molecule has 1 saturated carbocycles. The molecule has 1 atom stereocenters. The molecule has 2 amide bonds. The Labute approximate surface area is 169 Å². The molecule has 5 nitrogen and oxygen atoms in total. The summed E-state index contributed by atoms with van der Waals surface area (Å²) in [6.07, 6.45) is 3.91. The summed E-state index contributed by atoms with van der Waals surface area (Å²) in [6, 6.07) is 14.1. The predicted molar refractivity (Wildman–Crippen MR) is 111 cm³/mol. The highest BCUT2D eigenvalue weighted by Crippen LogP contribution is 2.42. The van der Waals surface area contributed by atoms with Crippen LogP contribution in [0.3, 0.4) is 0 Å². The van der Waals surface area contributed by atoms with Crippen LogP contribution in [0.25, 0.3) is 0 Å². The van der Waals surface area contributed by atoms with E-state index in [0.717, 1.165) is 30.4 Å². The third kappa shape index (κ3) is 3.20. The van der Waals surface area contributed by atoms with Gasteiger partial charge in [-0.3, -0.25) is 14.6 Å². The molecule has 0 bridgehead atoms. The summed E-state index contributed by atoms with van der Waals surface area (Å²) in [7, 11) is 0. The minimum absolute atomic E-state index is 0.296. The van der Waals surface area contributed by atoms with Crippen molar-refractivity contribution in [2.45, 2.75) is 38.1 Å². The smallest absolute Gasteiger partial charge is 0.250 e. The Morgan fingerprint density at radius 1 is 1.11 bits per heavy atom. The van der Waals surface area contributed by atoms with E-state index in [1.54, 1.807) is 18.2 Å². The van der Waals surface area contributed by atoms with Gasteiger partial charge in [0.15, 0.2) is 0 Å². The van der Waals surface area contributed by atoms with Gasteiger partial charge < -0.3 is 11.1 Å². The molecule has 1 fully saturated rings. The Kier molecular flexibility index (Phi) is 4.94. The van der Waals surface area contributed by atoms with Crippen molar-refractivity contribution >= 4 is 34.8 Å². The second kappa shape index (κ2) is 7.40. The van der Waals surface area contributed by atoms with Crippen molar-refractivity contribution < 1.29 is 9.59 Å². The highest BCUT2D eigenvalue weighted by molar-refractivity contribution is 6.32. The van der Waals surface area contributed by atoms with Crippen molar-refractivity contribution in [3.8, 4) is 0 Å². The molecule has 6 heteroatoms. The number of carbonyl (C=O) groups is 2. The van der Waals surface area contributed by atoms with Crippen molar-refractivity contribution in [1.82, 2.24) is 0 Å². The van der Waals surface area contributed by atoms with Gasteiger partial charge in [-0.2, -0.15) is 0 Å². The summed E-state index contributed by atoms with van der Waals surface area (Å²) in [5.74, 6) is -0.747. The molecule has 2 aromatic rings. The highest BCUT2D eigenvalue weighted by Gasteiger charge is 2.49. The number of carbonyl (C=O) groups excluding carboxylic acids is 2. The maximum atomic E-state index is 13.2. The minimum Gasteiger partial charge on any atom is -0.369 e. The molecule has 0 aromatic heterocycles. The Morgan fingerprint density at radius 3 is 2.50 bits per heavy atom. The van der Waals surface area contributed by atoms with Crippen LogP contribution in [-0.2, 0) is 9.59 Å². The number of fused-ring (bicyclic) bond motifs is 1. The second-order valence-corrected chi connectivity index (χ2v) is 7.94. The predicted octanol–water partition coefficient (Wildman–Crippen LogP) is 3.93. The Bertz CT molecular complexity index is 950. The van der Waals surface area contributed by atoms with Crippen molar-refractivity contribution in [2.24, 2.45) is 16.1 Å². The van der Waals surface area contributed by atoms with Crippen LogP contribution in [0.4, 0.5) is 5.69 Å². The van der Waals surface area contributed by atoms with Crippen molar-refractivity contribution in [1.29, 1.82) is 0 Å². The quantitative estimate of drug-likeness (QED) is 0.824. The molecule has 1 aliphatic carbocycles. The number of rotatable bonds is 3. The van der Waals surface area contributed by atoms with Crippen molar-refractivity contribution in [2.75, 3.05) is 5.32 Å². The number of nitrogens with one attached hydrogen (secondary N) is 1. The molecule has 0 radical (unpaired) electrons. The van der Waals surface area contributed by atoms with Gasteiger partial charge in [0.1, 0.15) is 6.04 Å². The Balaban J connectivity index is 1.93. The van der Waals surface area contributed by atoms with Gasteiger partial charge in [-0.25, -0.2) is 0 Å². The maximum Gasteiger partial charge on any atom is 0.250 e. The van der Waals surface area contributed by atoms with Crippen molar-refractivity contribution in [3.05, 3.63) is 64.7 Å². The van der Waals surface area contributed by atoms with E-state index in [9.17, 15) is 9.59 Å². The number of benzodiazepines with no additional fused rings is 1. The first kappa shape index (κ1) is 18.7. The van der Waals surface area contributed by atoms with Gasteiger partial charge in [0.2, 0.25) is 11.8 Å². The van der Waals surface area contributed by atoms with E-state index in [-0.39, 0.29) is 5.91 Å². The molecular weight excluding hydrogens is 374 g/mol. The molecule has 1 unspecified atom stereocenters. The summed E-state index contributed by atoms with van der Waals surface area (Å²) in [5.41, 5.74) is 7.77. The van der Waals surface area contributed by atoms with E-state index >= 15 is 0 Å². The average molecular weight is 396 g/mol. The van der Waals surface area contributed by atoms with Gasteiger partial charge in [-0.05, 0) is 31.0 Å².